The van der Waals surface area contributed by atoms with Gasteiger partial charge in [0.25, 0.3) is 10.1 Å². The Hall–Kier alpha value is -2.38. The quantitative estimate of drug-likeness (QED) is 0.613. The van der Waals surface area contributed by atoms with Crippen LogP contribution in [0.15, 0.2) is 47.4 Å². The maximum atomic E-state index is 12.5. The van der Waals surface area contributed by atoms with Crippen LogP contribution in [0.3, 0.4) is 0 Å². The van der Waals surface area contributed by atoms with Gasteiger partial charge in [0, 0.05) is 11.6 Å². The van der Waals surface area contributed by atoms with Gasteiger partial charge in [0.05, 0.1) is 11.7 Å². The SMILES string of the molecule is CCC(C)Oc1cc(O)c(C(=O)c2ccccc2)cc1S(=O)(=O)O. The van der Waals surface area contributed by atoms with E-state index < -0.39 is 26.5 Å². The van der Waals surface area contributed by atoms with Gasteiger partial charge in [-0.25, -0.2) is 0 Å². The molecule has 1 atom stereocenters. The molecule has 0 spiro atoms. The van der Waals surface area contributed by atoms with Crippen molar-refractivity contribution < 1.29 is 27.6 Å². The zero-order chi connectivity index (χ0) is 17.9. The van der Waals surface area contributed by atoms with E-state index in [9.17, 15) is 22.9 Å². The van der Waals surface area contributed by atoms with Crippen LogP contribution in [0, 0.1) is 0 Å². The number of carbonyl (C=O) groups excluding carboxylic acids is 1. The highest BCUT2D eigenvalue weighted by molar-refractivity contribution is 7.86. The van der Waals surface area contributed by atoms with Gasteiger partial charge >= 0.3 is 0 Å². The summed E-state index contributed by atoms with van der Waals surface area (Å²) in [6, 6.07) is 10.1. The summed E-state index contributed by atoms with van der Waals surface area (Å²) in [6.07, 6.45) is 0.261. The molecule has 128 valence electrons. The summed E-state index contributed by atoms with van der Waals surface area (Å²) in [5, 5.41) is 10.1. The van der Waals surface area contributed by atoms with Gasteiger partial charge in [-0.1, -0.05) is 37.3 Å². The number of phenolic OH excluding ortho intramolecular Hbond substituents is 1. The summed E-state index contributed by atoms with van der Waals surface area (Å²) < 4.78 is 38.1. The summed E-state index contributed by atoms with van der Waals surface area (Å²) in [5.41, 5.74) is 0.0509. The van der Waals surface area contributed by atoms with E-state index in [1.807, 2.05) is 6.92 Å². The zero-order valence-electron chi connectivity index (χ0n) is 13.3. The predicted octanol–water partition coefficient (Wildman–Crippen LogP) is 3.05. The Morgan fingerprint density at radius 3 is 2.38 bits per heavy atom. The fourth-order valence-electron chi connectivity index (χ4n) is 2.07. The number of rotatable bonds is 6. The van der Waals surface area contributed by atoms with E-state index in [4.69, 9.17) is 4.74 Å². The highest BCUT2D eigenvalue weighted by Crippen LogP contribution is 2.33. The predicted molar refractivity (Wildman–Crippen MR) is 88.2 cm³/mol. The smallest absolute Gasteiger partial charge is 0.298 e. The number of hydrogen-bond donors (Lipinski definition) is 2. The summed E-state index contributed by atoms with van der Waals surface area (Å²) in [7, 11) is -4.63. The second kappa shape index (κ2) is 7.02. The Bertz CT molecular complexity index is 843. The van der Waals surface area contributed by atoms with E-state index in [2.05, 4.69) is 0 Å². The molecular formula is C17H18O6S. The Kier molecular flexibility index (Phi) is 5.26. The van der Waals surface area contributed by atoms with E-state index in [1.165, 1.54) is 0 Å². The lowest BCUT2D eigenvalue weighted by atomic mass is 10.0. The number of ether oxygens (including phenoxy) is 1. The highest BCUT2D eigenvalue weighted by Gasteiger charge is 2.24. The van der Waals surface area contributed by atoms with Crippen molar-refractivity contribution in [3.8, 4) is 11.5 Å². The van der Waals surface area contributed by atoms with Crippen LogP contribution in [-0.2, 0) is 10.1 Å². The van der Waals surface area contributed by atoms with Crippen LogP contribution in [0.2, 0.25) is 0 Å². The monoisotopic (exact) mass is 350 g/mol. The number of ketones is 1. The molecule has 0 saturated heterocycles. The van der Waals surface area contributed by atoms with Crippen molar-refractivity contribution >= 4 is 15.9 Å². The Morgan fingerprint density at radius 2 is 1.83 bits per heavy atom. The summed E-state index contributed by atoms with van der Waals surface area (Å²) in [4.78, 5) is 11.9. The first kappa shape index (κ1) is 18.0. The largest absolute Gasteiger partial charge is 0.507 e. The molecule has 0 heterocycles. The molecule has 0 amide bonds. The molecule has 0 saturated carbocycles. The molecular weight excluding hydrogens is 332 g/mol. The van der Waals surface area contributed by atoms with E-state index in [-0.39, 0.29) is 23.0 Å². The average molecular weight is 350 g/mol. The van der Waals surface area contributed by atoms with Gasteiger partial charge in [-0.05, 0) is 19.4 Å². The second-order valence-corrected chi connectivity index (χ2v) is 6.71. The van der Waals surface area contributed by atoms with Gasteiger partial charge in [0.2, 0.25) is 0 Å². The van der Waals surface area contributed by atoms with Crippen LogP contribution in [0.5, 0.6) is 11.5 Å². The molecule has 0 aromatic heterocycles. The minimum Gasteiger partial charge on any atom is -0.507 e. The molecule has 24 heavy (non-hydrogen) atoms. The number of phenols is 1. The first-order chi connectivity index (χ1) is 11.2. The standard InChI is InChI=1S/C17H18O6S/c1-3-11(2)23-15-10-14(18)13(9-16(15)24(20,21)22)17(19)12-7-5-4-6-8-12/h4-11,18H,3H2,1-2H3,(H,20,21,22). The van der Waals surface area contributed by atoms with Crippen molar-refractivity contribution in [1.82, 2.24) is 0 Å². The molecule has 0 fully saturated rings. The topological polar surface area (TPSA) is 101 Å². The third-order valence-corrected chi connectivity index (χ3v) is 4.40. The molecule has 2 rings (SSSR count). The number of hydrogen-bond acceptors (Lipinski definition) is 5. The van der Waals surface area contributed by atoms with Crippen molar-refractivity contribution in [2.24, 2.45) is 0 Å². The van der Waals surface area contributed by atoms with Gasteiger partial charge in [-0.3, -0.25) is 9.35 Å². The van der Waals surface area contributed by atoms with E-state index in [1.54, 1.807) is 37.3 Å². The van der Waals surface area contributed by atoms with E-state index in [0.29, 0.717) is 6.42 Å². The van der Waals surface area contributed by atoms with Crippen LogP contribution in [0.4, 0.5) is 0 Å². The van der Waals surface area contributed by atoms with Crippen molar-refractivity contribution in [1.29, 1.82) is 0 Å². The molecule has 0 aliphatic rings. The van der Waals surface area contributed by atoms with Crippen LogP contribution in [0.25, 0.3) is 0 Å². The highest BCUT2D eigenvalue weighted by atomic mass is 32.2. The van der Waals surface area contributed by atoms with Gasteiger partial charge in [0.15, 0.2) is 5.78 Å². The number of carbonyl (C=O) groups is 1. The molecule has 0 radical (unpaired) electrons. The van der Waals surface area contributed by atoms with Crippen LogP contribution >= 0.6 is 0 Å². The van der Waals surface area contributed by atoms with Gasteiger partial charge in [-0.2, -0.15) is 8.42 Å². The minimum atomic E-state index is -4.63. The van der Waals surface area contributed by atoms with Crippen molar-refractivity contribution in [2.45, 2.75) is 31.3 Å². The lowest BCUT2D eigenvalue weighted by Gasteiger charge is -2.16. The molecule has 0 aliphatic heterocycles. The molecule has 6 nitrogen and oxygen atoms in total. The molecule has 2 aromatic rings. The Balaban J connectivity index is 2.57. The fraction of sp³-hybridized carbons (Fsp3) is 0.235. The molecule has 7 heteroatoms. The summed E-state index contributed by atoms with van der Waals surface area (Å²) in [5.74, 6) is -1.18. The first-order valence-electron chi connectivity index (χ1n) is 7.35. The third-order valence-electron chi connectivity index (χ3n) is 3.52. The van der Waals surface area contributed by atoms with E-state index >= 15 is 0 Å². The summed E-state index contributed by atoms with van der Waals surface area (Å²) in [6.45, 7) is 3.55. The van der Waals surface area contributed by atoms with E-state index in [0.717, 1.165) is 12.1 Å². The van der Waals surface area contributed by atoms with Gasteiger partial charge in [0.1, 0.15) is 16.4 Å². The van der Waals surface area contributed by atoms with Gasteiger partial charge < -0.3 is 9.84 Å². The van der Waals surface area contributed by atoms with Crippen LogP contribution in [0.1, 0.15) is 36.2 Å². The number of benzene rings is 2. The minimum absolute atomic E-state index is 0.200. The first-order valence-corrected chi connectivity index (χ1v) is 8.79. The molecule has 2 N–H and O–H groups in total. The van der Waals surface area contributed by atoms with Crippen LogP contribution < -0.4 is 4.74 Å². The lowest BCUT2D eigenvalue weighted by Crippen LogP contribution is -2.14. The van der Waals surface area contributed by atoms with Crippen molar-refractivity contribution in [3.05, 3.63) is 53.6 Å². The molecule has 0 bridgehead atoms. The van der Waals surface area contributed by atoms with Crippen molar-refractivity contribution in [3.63, 3.8) is 0 Å². The molecule has 0 aliphatic carbocycles. The third kappa shape index (κ3) is 3.93. The Labute approximate surface area is 140 Å². The molecule has 1 unspecified atom stereocenters. The molecule has 2 aromatic carbocycles. The summed E-state index contributed by atoms with van der Waals surface area (Å²) >= 11 is 0. The lowest BCUT2D eigenvalue weighted by molar-refractivity contribution is 0.103. The maximum Gasteiger partial charge on any atom is 0.298 e. The van der Waals surface area contributed by atoms with Crippen molar-refractivity contribution in [2.75, 3.05) is 0 Å². The second-order valence-electron chi connectivity index (χ2n) is 5.32. The Morgan fingerprint density at radius 1 is 1.21 bits per heavy atom. The van der Waals surface area contributed by atoms with Gasteiger partial charge in [-0.15, -0.1) is 0 Å². The zero-order valence-corrected chi connectivity index (χ0v) is 14.1. The fourth-order valence-corrected chi connectivity index (χ4v) is 2.70. The maximum absolute atomic E-state index is 12.5. The number of aromatic hydroxyl groups is 1. The van der Waals surface area contributed by atoms with Crippen LogP contribution in [-0.4, -0.2) is 30.0 Å². The average Bonchev–Trinajstić information content (AvgIpc) is 2.54. The normalized spacial score (nSPS) is 12.6.